The minimum atomic E-state index is -3.47. The molecule has 2 N–H and O–H groups in total. The Hall–Kier alpha value is -2.07. The van der Waals surface area contributed by atoms with Gasteiger partial charge in [-0.3, -0.25) is 9.10 Å². The quantitative estimate of drug-likeness (QED) is 0.458. The van der Waals surface area contributed by atoms with Crippen LogP contribution in [0.4, 0.5) is 5.69 Å². The lowest BCUT2D eigenvalue weighted by molar-refractivity contribution is 0.0963. The highest BCUT2D eigenvalue weighted by molar-refractivity contribution is 9.10. The summed E-state index contributed by atoms with van der Waals surface area (Å²) in [6.07, 6.45) is 2.07. The maximum atomic E-state index is 12.0. The summed E-state index contributed by atoms with van der Waals surface area (Å²) >= 11 is 3.30. The minimum absolute atomic E-state index is 0.0629. The number of benzene rings is 1. The van der Waals surface area contributed by atoms with Crippen molar-refractivity contribution in [1.82, 2.24) is 5.32 Å². The molecule has 124 valence electrons. The van der Waals surface area contributed by atoms with Crippen LogP contribution in [0.15, 0.2) is 26.2 Å². The number of furan rings is 1. The Bertz CT molecular complexity index is 904. The summed E-state index contributed by atoms with van der Waals surface area (Å²) in [6.45, 7) is 0. The molecule has 0 saturated carbocycles. The molecule has 8 nitrogen and oxygen atoms in total. The molecule has 1 aromatic heterocycles. The molecule has 0 aliphatic heterocycles. The number of sulfonamides is 1. The molecule has 0 saturated heterocycles. The zero-order valence-corrected chi connectivity index (χ0v) is 14.9. The first-order chi connectivity index (χ1) is 10.7. The van der Waals surface area contributed by atoms with E-state index in [1.165, 1.54) is 20.2 Å². The predicted molar refractivity (Wildman–Crippen MR) is 89.9 cm³/mol. The molecule has 2 aromatic rings. The molecule has 1 aromatic carbocycles. The first-order valence-electron chi connectivity index (χ1n) is 6.30. The van der Waals surface area contributed by atoms with Gasteiger partial charge in [-0.2, -0.15) is 0 Å². The maximum absolute atomic E-state index is 12.0. The third-order valence-electron chi connectivity index (χ3n) is 3.25. The van der Waals surface area contributed by atoms with Gasteiger partial charge in [0, 0.05) is 30.0 Å². The van der Waals surface area contributed by atoms with E-state index in [9.17, 15) is 13.2 Å². The predicted octanol–water partition coefficient (Wildman–Crippen LogP) is 1.76. The molecule has 0 bridgehead atoms. The van der Waals surface area contributed by atoms with Crippen LogP contribution in [-0.4, -0.2) is 46.1 Å². The summed E-state index contributed by atoms with van der Waals surface area (Å²) in [5, 5.41) is 14.5. The molecular weight excluding hydrogens is 390 g/mol. The van der Waals surface area contributed by atoms with Gasteiger partial charge in [-0.25, -0.2) is 8.42 Å². The number of halogens is 1. The molecule has 0 unspecified atom stereocenters. The SMILES string of the molecule is CNC(=O)c1c(C=NO)oc2cc(N(C)S(C)(=O)=O)c(Br)cc12. The van der Waals surface area contributed by atoms with E-state index in [2.05, 4.69) is 26.4 Å². The normalized spacial score (nSPS) is 12.0. The molecular formula is C13H14BrN3O5S. The number of nitrogens with one attached hydrogen (secondary N) is 1. The Morgan fingerprint density at radius 2 is 2.13 bits per heavy atom. The number of anilines is 1. The summed E-state index contributed by atoms with van der Waals surface area (Å²) in [7, 11) is -0.603. The van der Waals surface area contributed by atoms with Crippen molar-refractivity contribution in [2.24, 2.45) is 5.16 Å². The van der Waals surface area contributed by atoms with Crippen LogP contribution in [0, 0.1) is 0 Å². The molecule has 0 spiro atoms. The average molecular weight is 404 g/mol. The van der Waals surface area contributed by atoms with Crippen LogP contribution >= 0.6 is 15.9 Å². The van der Waals surface area contributed by atoms with Crippen molar-refractivity contribution in [2.45, 2.75) is 0 Å². The molecule has 0 radical (unpaired) electrons. The average Bonchev–Trinajstić information content (AvgIpc) is 2.81. The standard InChI is InChI=1S/C13H14BrN3O5S/c1-15-13(18)12-7-4-8(14)9(17(2)23(3,20)21)5-10(7)22-11(12)6-16-19/h4-6,19H,1-3H3,(H,15,18). The van der Waals surface area contributed by atoms with E-state index in [-0.39, 0.29) is 16.9 Å². The van der Waals surface area contributed by atoms with Gasteiger partial charge < -0.3 is 14.9 Å². The topological polar surface area (TPSA) is 112 Å². The van der Waals surface area contributed by atoms with E-state index in [0.29, 0.717) is 15.5 Å². The summed E-state index contributed by atoms with van der Waals surface area (Å²) in [6, 6.07) is 3.07. The van der Waals surface area contributed by atoms with E-state index >= 15 is 0 Å². The van der Waals surface area contributed by atoms with Crippen molar-refractivity contribution >= 4 is 54.7 Å². The fourth-order valence-electron chi connectivity index (χ4n) is 2.05. The van der Waals surface area contributed by atoms with Crippen LogP contribution in [-0.2, 0) is 10.0 Å². The van der Waals surface area contributed by atoms with E-state index in [1.807, 2.05) is 0 Å². The summed E-state index contributed by atoms with van der Waals surface area (Å²) < 4.78 is 30.5. The molecule has 23 heavy (non-hydrogen) atoms. The van der Waals surface area contributed by atoms with Crippen molar-refractivity contribution in [3.8, 4) is 0 Å². The molecule has 0 aliphatic rings. The van der Waals surface area contributed by atoms with Crippen molar-refractivity contribution in [1.29, 1.82) is 0 Å². The van der Waals surface area contributed by atoms with Gasteiger partial charge in [0.2, 0.25) is 10.0 Å². The molecule has 1 heterocycles. The van der Waals surface area contributed by atoms with E-state index < -0.39 is 15.9 Å². The highest BCUT2D eigenvalue weighted by atomic mass is 79.9. The lowest BCUT2D eigenvalue weighted by Gasteiger charge is -2.18. The summed E-state index contributed by atoms with van der Waals surface area (Å²) in [5.74, 6) is -0.359. The molecule has 0 atom stereocenters. The van der Waals surface area contributed by atoms with Crippen molar-refractivity contribution < 1.29 is 22.8 Å². The second-order valence-electron chi connectivity index (χ2n) is 4.70. The van der Waals surface area contributed by atoms with Gasteiger partial charge in [-0.05, 0) is 22.0 Å². The fraction of sp³-hybridized carbons (Fsp3) is 0.231. The molecule has 0 aliphatic carbocycles. The number of rotatable bonds is 4. The zero-order chi connectivity index (χ0) is 17.4. The fourth-order valence-corrected chi connectivity index (χ4v) is 3.28. The van der Waals surface area contributed by atoms with E-state index in [0.717, 1.165) is 16.8 Å². The third-order valence-corrected chi connectivity index (χ3v) is 5.08. The largest absolute Gasteiger partial charge is 0.454 e. The minimum Gasteiger partial charge on any atom is -0.454 e. The number of hydrogen-bond acceptors (Lipinski definition) is 6. The lowest BCUT2D eigenvalue weighted by atomic mass is 10.1. The second-order valence-corrected chi connectivity index (χ2v) is 7.56. The van der Waals surface area contributed by atoms with Crippen molar-refractivity contribution in [3.05, 3.63) is 27.9 Å². The Balaban J connectivity index is 2.78. The van der Waals surface area contributed by atoms with Crippen LogP contribution < -0.4 is 9.62 Å². The van der Waals surface area contributed by atoms with Crippen LogP contribution in [0.25, 0.3) is 11.0 Å². The van der Waals surface area contributed by atoms with Gasteiger partial charge in [0.15, 0.2) is 5.76 Å². The Morgan fingerprint density at radius 1 is 1.48 bits per heavy atom. The van der Waals surface area contributed by atoms with Crippen molar-refractivity contribution in [2.75, 3.05) is 24.7 Å². The van der Waals surface area contributed by atoms with Gasteiger partial charge in [-0.1, -0.05) is 5.16 Å². The van der Waals surface area contributed by atoms with E-state index in [4.69, 9.17) is 9.62 Å². The maximum Gasteiger partial charge on any atom is 0.255 e. The number of carbonyl (C=O) groups is 1. The summed E-state index contributed by atoms with van der Waals surface area (Å²) in [5.41, 5.74) is 0.825. The Kier molecular flexibility index (Phi) is 4.66. The number of carbonyl (C=O) groups excluding carboxylic acids is 1. The summed E-state index contributed by atoms with van der Waals surface area (Å²) in [4.78, 5) is 12.0. The number of amides is 1. The van der Waals surface area contributed by atoms with Gasteiger partial charge in [0.05, 0.1) is 17.5 Å². The van der Waals surface area contributed by atoms with Gasteiger partial charge >= 0.3 is 0 Å². The van der Waals surface area contributed by atoms with Crippen LogP contribution in [0.2, 0.25) is 0 Å². The number of fused-ring (bicyclic) bond motifs is 1. The monoisotopic (exact) mass is 403 g/mol. The number of hydrogen-bond donors (Lipinski definition) is 2. The van der Waals surface area contributed by atoms with Crippen LogP contribution in [0.1, 0.15) is 16.1 Å². The first kappa shape index (κ1) is 17.3. The highest BCUT2D eigenvalue weighted by Gasteiger charge is 2.23. The second kappa shape index (κ2) is 6.20. The number of oxime groups is 1. The molecule has 10 heteroatoms. The van der Waals surface area contributed by atoms with Gasteiger partial charge in [0.1, 0.15) is 11.8 Å². The van der Waals surface area contributed by atoms with Crippen LogP contribution in [0.3, 0.4) is 0 Å². The Labute approximate surface area is 140 Å². The molecule has 0 fully saturated rings. The van der Waals surface area contributed by atoms with E-state index in [1.54, 1.807) is 6.07 Å². The lowest BCUT2D eigenvalue weighted by Crippen LogP contribution is -2.25. The number of nitrogens with zero attached hydrogens (tertiary/aromatic N) is 2. The van der Waals surface area contributed by atoms with Gasteiger partial charge in [0.25, 0.3) is 5.91 Å². The Morgan fingerprint density at radius 3 is 2.65 bits per heavy atom. The molecule has 2 rings (SSSR count). The molecule has 1 amide bonds. The van der Waals surface area contributed by atoms with Gasteiger partial charge in [-0.15, -0.1) is 0 Å². The third kappa shape index (κ3) is 3.17. The van der Waals surface area contributed by atoms with Crippen LogP contribution in [0.5, 0.6) is 0 Å². The smallest absolute Gasteiger partial charge is 0.255 e. The first-order valence-corrected chi connectivity index (χ1v) is 8.94. The van der Waals surface area contributed by atoms with Crippen molar-refractivity contribution in [3.63, 3.8) is 0 Å². The zero-order valence-electron chi connectivity index (χ0n) is 12.5. The highest BCUT2D eigenvalue weighted by Crippen LogP contribution is 2.35.